The second-order valence-electron chi connectivity index (χ2n) is 5.40. The molecule has 4 aromatic rings. The highest BCUT2D eigenvalue weighted by molar-refractivity contribution is 6.09. The molecular weight excluding hydrogens is 339 g/mol. The van der Waals surface area contributed by atoms with E-state index in [-0.39, 0.29) is 0 Å². The fourth-order valence-electron chi connectivity index (χ4n) is 2.64. The van der Waals surface area contributed by atoms with Crippen LogP contribution in [0.1, 0.15) is 10.4 Å². The topological polar surface area (TPSA) is 97.2 Å². The van der Waals surface area contributed by atoms with Crippen LogP contribution in [0.2, 0.25) is 0 Å². The van der Waals surface area contributed by atoms with Crippen molar-refractivity contribution < 1.29 is 13.9 Å². The molecule has 8 nitrogen and oxygen atoms in total. The number of methoxy groups -OCH3 is 1. The zero-order chi connectivity index (χ0) is 18.1. The molecule has 0 fully saturated rings. The van der Waals surface area contributed by atoms with Gasteiger partial charge in [-0.1, -0.05) is 0 Å². The van der Waals surface area contributed by atoms with Gasteiger partial charge in [0.1, 0.15) is 17.1 Å². The Labute approximate surface area is 146 Å². The highest BCUT2D eigenvalue weighted by atomic mass is 19.1. The Balaban J connectivity index is 1.70. The summed E-state index contributed by atoms with van der Waals surface area (Å²) in [6.45, 7) is 0. The second-order valence-corrected chi connectivity index (χ2v) is 5.40. The van der Waals surface area contributed by atoms with Crippen LogP contribution in [0.4, 0.5) is 10.1 Å². The molecule has 0 bridgehead atoms. The number of nitrogens with one attached hydrogen (secondary N) is 2. The Kier molecular flexibility index (Phi) is 3.81. The first-order valence-electron chi connectivity index (χ1n) is 7.64. The van der Waals surface area contributed by atoms with Crippen LogP contribution in [0.3, 0.4) is 0 Å². The van der Waals surface area contributed by atoms with Gasteiger partial charge in [-0.15, -0.1) is 0 Å². The Morgan fingerprint density at radius 1 is 1.35 bits per heavy atom. The minimum atomic E-state index is -0.431. The summed E-state index contributed by atoms with van der Waals surface area (Å²) in [5.41, 5.74) is 1.99. The minimum absolute atomic E-state index is 0.309. The lowest BCUT2D eigenvalue weighted by molar-refractivity contribution is 0.102. The normalized spacial score (nSPS) is 10.8. The number of hydrogen-bond donors (Lipinski definition) is 2. The van der Waals surface area contributed by atoms with Crippen LogP contribution < -0.4 is 10.1 Å². The van der Waals surface area contributed by atoms with Gasteiger partial charge in [0, 0.05) is 18.0 Å². The van der Waals surface area contributed by atoms with E-state index in [1.807, 2.05) is 0 Å². The van der Waals surface area contributed by atoms with E-state index in [2.05, 4.69) is 25.6 Å². The van der Waals surface area contributed by atoms with Crippen LogP contribution >= 0.6 is 0 Å². The van der Waals surface area contributed by atoms with E-state index >= 15 is 0 Å². The number of amides is 1. The van der Waals surface area contributed by atoms with Gasteiger partial charge in [0.05, 0.1) is 30.9 Å². The highest BCUT2D eigenvalue weighted by Gasteiger charge is 2.19. The van der Waals surface area contributed by atoms with Crippen molar-refractivity contribution >= 4 is 17.2 Å². The predicted molar refractivity (Wildman–Crippen MR) is 91.5 cm³/mol. The first-order valence-corrected chi connectivity index (χ1v) is 7.64. The number of anilines is 1. The molecule has 0 spiro atoms. The molecule has 1 amide bonds. The molecule has 0 aliphatic carbocycles. The van der Waals surface area contributed by atoms with Crippen molar-refractivity contribution in [2.24, 2.45) is 0 Å². The quantitative estimate of drug-likeness (QED) is 0.588. The molecule has 0 saturated heterocycles. The number of hydrogen-bond acceptors (Lipinski definition) is 5. The fourth-order valence-corrected chi connectivity index (χ4v) is 2.64. The van der Waals surface area contributed by atoms with E-state index in [1.165, 1.54) is 42.2 Å². The third-order valence-electron chi connectivity index (χ3n) is 3.84. The van der Waals surface area contributed by atoms with E-state index in [0.29, 0.717) is 33.9 Å². The van der Waals surface area contributed by atoms with Gasteiger partial charge in [-0.25, -0.2) is 13.9 Å². The number of carbonyl (C=O) groups is 1. The van der Waals surface area contributed by atoms with Gasteiger partial charge >= 0.3 is 0 Å². The molecule has 26 heavy (non-hydrogen) atoms. The van der Waals surface area contributed by atoms with E-state index < -0.39 is 11.7 Å². The first-order chi connectivity index (χ1) is 12.7. The zero-order valence-electron chi connectivity index (χ0n) is 13.6. The molecule has 9 heteroatoms. The molecule has 0 radical (unpaired) electrons. The summed E-state index contributed by atoms with van der Waals surface area (Å²) in [5.74, 6) is -0.389. The van der Waals surface area contributed by atoms with Gasteiger partial charge in [-0.05, 0) is 24.3 Å². The van der Waals surface area contributed by atoms with Crippen LogP contribution in [-0.4, -0.2) is 37.8 Å². The molecule has 4 rings (SSSR count). The number of rotatable bonds is 4. The van der Waals surface area contributed by atoms with Crippen molar-refractivity contribution in [1.29, 1.82) is 0 Å². The lowest BCUT2D eigenvalue weighted by atomic mass is 10.1. The van der Waals surface area contributed by atoms with Crippen LogP contribution in [0.25, 0.3) is 16.9 Å². The molecule has 1 aromatic carbocycles. The average Bonchev–Trinajstić information content (AvgIpc) is 3.28. The third-order valence-corrected chi connectivity index (χ3v) is 3.84. The number of nitrogens with zero attached hydrogens (tertiary/aromatic N) is 4. The number of benzene rings is 1. The van der Waals surface area contributed by atoms with E-state index in [4.69, 9.17) is 4.74 Å². The number of aromatic amines is 1. The highest BCUT2D eigenvalue weighted by Crippen LogP contribution is 2.34. The van der Waals surface area contributed by atoms with Gasteiger partial charge in [0.2, 0.25) is 0 Å². The maximum Gasteiger partial charge on any atom is 0.261 e. The summed E-state index contributed by atoms with van der Waals surface area (Å²) in [5, 5.41) is 13.5. The van der Waals surface area contributed by atoms with Gasteiger partial charge in [0.15, 0.2) is 5.65 Å². The average molecular weight is 352 g/mol. The van der Waals surface area contributed by atoms with Crippen LogP contribution in [0.15, 0.2) is 49.1 Å². The maximum absolute atomic E-state index is 13.7. The Bertz CT molecular complexity index is 1100. The van der Waals surface area contributed by atoms with Crippen molar-refractivity contribution in [2.45, 2.75) is 0 Å². The third kappa shape index (κ3) is 2.65. The van der Waals surface area contributed by atoms with Gasteiger partial charge in [-0.3, -0.25) is 9.89 Å². The molecule has 0 aliphatic heterocycles. The van der Waals surface area contributed by atoms with E-state index in [1.54, 1.807) is 18.5 Å². The summed E-state index contributed by atoms with van der Waals surface area (Å²) < 4.78 is 20.4. The molecule has 130 valence electrons. The molecule has 0 saturated carbocycles. The lowest BCUT2D eigenvalue weighted by Gasteiger charge is -2.09. The molecule has 0 atom stereocenters. The lowest BCUT2D eigenvalue weighted by Crippen LogP contribution is -2.12. The predicted octanol–water partition coefficient (Wildman–Crippen LogP) is 2.52. The number of ether oxygens (including phenoxy) is 1. The van der Waals surface area contributed by atoms with Crippen LogP contribution in [0.5, 0.6) is 5.75 Å². The van der Waals surface area contributed by atoms with Gasteiger partial charge in [-0.2, -0.15) is 10.2 Å². The fraction of sp³-hybridized carbons (Fsp3) is 0.0588. The van der Waals surface area contributed by atoms with Crippen molar-refractivity contribution in [3.63, 3.8) is 0 Å². The summed E-state index contributed by atoms with van der Waals surface area (Å²) in [4.78, 5) is 16.8. The summed E-state index contributed by atoms with van der Waals surface area (Å²) in [6.07, 6.45) is 6.14. The monoisotopic (exact) mass is 352 g/mol. The molecular formula is C17H13FN6O2. The summed E-state index contributed by atoms with van der Waals surface area (Å²) >= 11 is 0. The van der Waals surface area contributed by atoms with Crippen LogP contribution in [0, 0.1) is 5.82 Å². The molecule has 2 N–H and O–H groups in total. The van der Waals surface area contributed by atoms with Crippen LogP contribution in [-0.2, 0) is 0 Å². The Morgan fingerprint density at radius 3 is 3.08 bits per heavy atom. The standard InChI is InChI=1S/C17H13FN6O2/c1-26-14-4-3-10(18)7-11(14)15-13(9-20-23-15)22-17(25)12-8-21-24-6-2-5-19-16(12)24/h2-9H,1H3,(H,20,23)(H,22,25). The SMILES string of the molecule is COc1ccc(F)cc1-c1[nH]ncc1NC(=O)c1cnn2cccnc12. The largest absolute Gasteiger partial charge is 0.496 e. The Morgan fingerprint density at radius 2 is 2.23 bits per heavy atom. The number of H-pyrrole nitrogens is 1. The van der Waals surface area contributed by atoms with Crippen molar-refractivity contribution in [1.82, 2.24) is 24.8 Å². The molecule has 0 aliphatic rings. The number of aromatic nitrogens is 5. The van der Waals surface area contributed by atoms with Crippen molar-refractivity contribution in [2.75, 3.05) is 12.4 Å². The zero-order valence-corrected chi connectivity index (χ0v) is 13.6. The first kappa shape index (κ1) is 15.8. The van der Waals surface area contributed by atoms with Crippen molar-refractivity contribution in [3.05, 3.63) is 60.4 Å². The Hall–Kier alpha value is -3.75. The maximum atomic E-state index is 13.7. The smallest absolute Gasteiger partial charge is 0.261 e. The number of fused-ring (bicyclic) bond motifs is 1. The van der Waals surface area contributed by atoms with E-state index in [0.717, 1.165) is 0 Å². The molecule has 3 heterocycles. The van der Waals surface area contributed by atoms with Crippen molar-refractivity contribution in [3.8, 4) is 17.0 Å². The van der Waals surface area contributed by atoms with Gasteiger partial charge in [0.25, 0.3) is 5.91 Å². The van der Waals surface area contributed by atoms with E-state index in [9.17, 15) is 9.18 Å². The number of carbonyl (C=O) groups excluding carboxylic acids is 1. The second kappa shape index (κ2) is 6.28. The minimum Gasteiger partial charge on any atom is -0.496 e. The summed E-state index contributed by atoms with van der Waals surface area (Å²) in [6, 6.07) is 5.82. The number of halogens is 1. The summed E-state index contributed by atoms with van der Waals surface area (Å²) in [7, 11) is 1.48. The van der Waals surface area contributed by atoms with Gasteiger partial charge < -0.3 is 10.1 Å². The molecule has 0 unspecified atom stereocenters. The molecule has 3 aromatic heterocycles.